The van der Waals surface area contributed by atoms with Crippen LogP contribution < -0.4 is 10.2 Å². The van der Waals surface area contributed by atoms with Crippen LogP contribution in [0.3, 0.4) is 0 Å². The largest absolute Gasteiger partial charge is 0.395 e. The monoisotopic (exact) mass is 474 g/mol. The number of thioether (sulfide) groups is 1. The van der Waals surface area contributed by atoms with Gasteiger partial charge in [-0.1, -0.05) is 30.3 Å². The summed E-state index contributed by atoms with van der Waals surface area (Å²) in [6.07, 6.45) is 1.59. The van der Waals surface area contributed by atoms with Gasteiger partial charge in [0.2, 0.25) is 0 Å². The number of aromatic nitrogens is 2. The minimum absolute atomic E-state index is 0.0401. The van der Waals surface area contributed by atoms with Gasteiger partial charge in [0.1, 0.15) is 22.6 Å². The fourth-order valence-corrected chi connectivity index (χ4v) is 4.45. The lowest BCUT2D eigenvalue weighted by atomic mass is 9.96. The zero-order valence-corrected chi connectivity index (χ0v) is 20.0. The summed E-state index contributed by atoms with van der Waals surface area (Å²) >= 11 is 1.41. The number of pyridine rings is 2. The van der Waals surface area contributed by atoms with E-state index in [9.17, 15) is 15.2 Å². The van der Waals surface area contributed by atoms with Crippen LogP contribution >= 0.6 is 11.8 Å². The summed E-state index contributed by atoms with van der Waals surface area (Å²) in [6, 6.07) is 15.6. The van der Waals surface area contributed by atoms with Crippen molar-refractivity contribution in [2.24, 2.45) is 4.99 Å². The molecule has 9 heteroatoms. The molecule has 0 saturated heterocycles. The number of likely N-dealkylation sites (N-methyl/N-ethyl adjacent to an activating group) is 1. The van der Waals surface area contributed by atoms with Crippen molar-refractivity contribution in [3.63, 3.8) is 0 Å². The Balaban J connectivity index is 2.13. The van der Waals surface area contributed by atoms with E-state index >= 15 is 0 Å². The number of carbonyl (C=O) groups is 1. The SMILES string of the molecule is C=NCc1c(N(C)CCO)nc(SCc2ccnc(C(=O)NC)c2)c(C#N)c1-c1ccccc1. The molecule has 2 aromatic heterocycles. The maximum absolute atomic E-state index is 11.9. The second-order valence-electron chi connectivity index (χ2n) is 7.39. The van der Waals surface area contributed by atoms with Gasteiger partial charge < -0.3 is 15.3 Å². The molecular formula is C25H26N6O2S. The van der Waals surface area contributed by atoms with Gasteiger partial charge in [-0.25, -0.2) is 4.98 Å². The van der Waals surface area contributed by atoms with Crippen LogP contribution in [0.4, 0.5) is 5.82 Å². The third-order valence-corrected chi connectivity index (χ3v) is 6.19. The summed E-state index contributed by atoms with van der Waals surface area (Å²) in [5, 5.41) is 22.8. The third kappa shape index (κ3) is 5.60. The first-order chi connectivity index (χ1) is 16.5. The molecular weight excluding hydrogens is 448 g/mol. The highest BCUT2D eigenvalue weighted by molar-refractivity contribution is 7.98. The molecule has 0 radical (unpaired) electrons. The molecule has 0 spiro atoms. The number of anilines is 1. The van der Waals surface area contributed by atoms with E-state index in [1.807, 2.05) is 48.3 Å². The number of amides is 1. The topological polar surface area (TPSA) is 114 Å². The highest BCUT2D eigenvalue weighted by Gasteiger charge is 2.23. The number of aliphatic hydroxyl groups excluding tert-OH is 1. The van der Waals surface area contributed by atoms with Crippen molar-refractivity contribution in [1.82, 2.24) is 15.3 Å². The number of aliphatic hydroxyl groups is 1. The Morgan fingerprint density at radius 2 is 2.09 bits per heavy atom. The van der Waals surface area contributed by atoms with Crippen molar-refractivity contribution in [2.45, 2.75) is 17.3 Å². The number of nitrogens with one attached hydrogen (secondary N) is 1. The molecule has 174 valence electrons. The minimum atomic E-state index is -0.261. The van der Waals surface area contributed by atoms with Crippen LogP contribution in [0.25, 0.3) is 11.1 Å². The van der Waals surface area contributed by atoms with Crippen molar-refractivity contribution in [3.05, 3.63) is 71.0 Å². The van der Waals surface area contributed by atoms with E-state index in [0.717, 1.165) is 22.3 Å². The molecule has 0 aliphatic carbocycles. The van der Waals surface area contributed by atoms with Crippen molar-refractivity contribution in [1.29, 1.82) is 5.26 Å². The lowest BCUT2D eigenvalue weighted by Gasteiger charge is -2.24. The molecule has 0 unspecified atom stereocenters. The Kier molecular flexibility index (Phi) is 8.73. The highest BCUT2D eigenvalue weighted by Crippen LogP contribution is 2.39. The van der Waals surface area contributed by atoms with Gasteiger partial charge in [0.05, 0.1) is 18.7 Å². The molecule has 8 nitrogen and oxygen atoms in total. The molecule has 0 aliphatic rings. The van der Waals surface area contributed by atoms with Gasteiger partial charge in [-0.15, -0.1) is 11.8 Å². The van der Waals surface area contributed by atoms with Gasteiger partial charge in [0.15, 0.2) is 0 Å². The number of nitrogens with zero attached hydrogens (tertiary/aromatic N) is 5. The second-order valence-corrected chi connectivity index (χ2v) is 8.36. The lowest BCUT2D eigenvalue weighted by molar-refractivity contribution is 0.0958. The van der Waals surface area contributed by atoms with E-state index in [-0.39, 0.29) is 19.1 Å². The molecule has 34 heavy (non-hydrogen) atoms. The summed E-state index contributed by atoms with van der Waals surface area (Å²) in [6.45, 7) is 4.26. The smallest absolute Gasteiger partial charge is 0.269 e. The Labute approximate surface area is 203 Å². The van der Waals surface area contributed by atoms with Gasteiger partial charge in [-0.05, 0) is 30.0 Å². The van der Waals surface area contributed by atoms with Crippen LogP contribution in [0.2, 0.25) is 0 Å². The Morgan fingerprint density at radius 3 is 2.74 bits per heavy atom. The maximum Gasteiger partial charge on any atom is 0.269 e. The number of aliphatic imine (C=N–C) groups is 1. The van der Waals surface area contributed by atoms with Crippen LogP contribution in [0.15, 0.2) is 58.7 Å². The van der Waals surface area contributed by atoms with Gasteiger partial charge in [0, 0.05) is 43.7 Å². The molecule has 2 N–H and O–H groups in total. The fraction of sp³-hybridized carbons (Fsp3) is 0.240. The molecule has 0 saturated carbocycles. The molecule has 0 fully saturated rings. The quantitative estimate of drug-likeness (QED) is 0.342. The van der Waals surface area contributed by atoms with Crippen LogP contribution in [-0.4, -0.2) is 54.9 Å². The zero-order valence-electron chi connectivity index (χ0n) is 19.2. The van der Waals surface area contributed by atoms with E-state index in [4.69, 9.17) is 4.98 Å². The average molecular weight is 475 g/mol. The van der Waals surface area contributed by atoms with Crippen LogP contribution in [0, 0.1) is 11.3 Å². The Hall–Kier alpha value is -3.74. The number of nitriles is 1. The molecule has 0 bridgehead atoms. The van der Waals surface area contributed by atoms with E-state index in [1.54, 1.807) is 19.3 Å². The fourth-order valence-electron chi connectivity index (χ4n) is 3.52. The van der Waals surface area contributed by atoms with Crippen LogP contribution in [0.1, 0.15) is 27.2 Å². The number of carbonyl (C=O) groups excluding carboxylic acids is 1. The molecule has 2 heterocycles. The molecule has 0 atom stereocenters. The first-order valence-electron chi connectivity index (χ1n) is 10.6. The van der Waals surface area contributed by atoms with Gasteiger partial charge >= 0.3 is 0 Å². The first-order valence-corrected chi connectivity index (χ1v) is 11.6. The van der Waals surface area contributed by atoms with E-state index in [1.165, 1.54) is 11.8 Å². The lowest BCUT2D eigenvalue weighted by Crippen LogP contribution is -2.24. The predicted molar refractivity (Wildman–Crippen MR) is 135 cm³/mol. The standard InChI is InChI=1S/C25H26N6O2S/c1-27-15-20-22(18-7-5-4-6-8-18)19(14-26)25(30-23(20)31(3)11-12-32)34-16-17-9-10-29-21(13-17)24(33)28-2/h4-10,13,32H,1,11-12,15-16H2,2-3H3,(H,28,33). The highest BCUT2D eigenvalue weighted by atomic mass is 32.2. The predicted octanol–water partition coefficient (Wildman–Crippen LogP) is 3.30. The number of rotatable bonds is 10. The van der Waals surface area contributed by atoms with Gasteiger partial charge in [0.25, 0.3) is 5.91 Å². The van der Waals surface area contributed by atoms with Crippen molar-refractivity contribution in [3.8, 4) is 17.2 Å². The number of hydrogen-bond acceptors (Lipinski definition) is 8. The van der Waals surface area contributed by atoms with Gasteiger partial charge in [-0.2, -0.15) is 5.26 Å². The van der Waals surface area contributed by atoms with E-state index < -0.39 is 0 Å². The summed E-state index contributed by atoms with van der Waals surface area (Å²) in [4.78, 5) is 26.8. The Morgan fingerprint density at radius 1 is 1.32 bits per heavy atom. The molecule has 1 aromatic carbocycles. The number of hydrogen-bond donors (Lipinski definition) is 2. The van der Waals surface area contributed by atoms with E-state index in [2.05, 4.69) is 28.1 Å². The Bertz CT molecular complexity index is 1210. The summed E-state index contributed by atoms with van der Waals surface area (Å²) in [5.74, 6) is 0.871. The zero-order chi connectivity index (χ0) is 24.5. The molecule has 1 amide bonds. The minimum Gasteiger partial charge on any atom is -0.395 e. The molecule has 3 rings (SSSR count). The molecule has 0 aliphatic heterocycles. The maximum atomic E-state index is 11.9. The number of benzene rings is 1. The summed E-state index contributed by atoms with van der Waals surface area (Å²) < 4.78 is 0. The van der Waals surface area contributed by atoms with Crippen molar-refractivity contribution < 1.29 is 9.90 Å². The summed E-state index contributed by atoms with van der Waals surface area (Å²) in [5.41, 5.74) is 4.09. The third-order valence-electron chi connectivity index (χ3n) is 5.14. The van der Waals surface area contributed by atoms with E-state index in [0.29, 0.717) is 34.4 Å². The molecule has 3 aromatic rings. The van der Waals surface area contributed by atoms with Gasteiger partial charge in [-0.3, -0.25) is 14.8 Å². The summed E-state index contributed by atoms with van der Waals surface area (Å²) in [7, 11) is 3.41. The normalized spacial score (nSPS) is 10.4. The first kappa shape index (κ1) is 24.9. The van der Waals surface area contributed by atoms with Crippen LogP contribution in [-0.2, 0) is 12.3 Å². The van der Waals surface area contributed by atoms with Crippen molar-refractivity contribution in [2.75, 3.05) is 32.1 Å². The van der Waals surface area contributed by atoms with Crippen LogP contribution in [0.5, 0.6) is 0 Å². The van der Waals surface area contributed by atoms with Crippen molar-refractivity contribution >= 4 is 30.2 Å². The second kappa shape index (κ2) is 11.9. The average Bonchev–Trinajstić information content (AvgIpc) is 2.87.